The van der Waals surface area contributed by atoms with Gasteiger partial charge in [-0.25, -0.2) is 0 Å². The molecule has 2 aliphatic rings. The molecule has 0 bridgehead atoms. The van der Waals surface area contributed by atoms with Gasteiger partial charge in [-0.1, -0.05) is 58.4 Å². The first-order valence-corrected chi connectivity index (χ1v) is 11.9. The van der Waals surface area contributed by atoms with E-state index in [0.717, 1.165) is 0 Å². The van der Waals surface area contributed by atoms with Crippen LogP contribution in [0.3, 0.4) is 0 Å². The summed E-state index contributed by atoms with van der Waals surface area (Å²) in [4.78, 5) is 13.2. The number of methoxy groups -OCH3 is 3. The number of benzene rings is 3. The van der Waals surface area contributed by atoms with Gasteiger partial charge in [-0.05, 0) is 35.4 Å². The number of aliphatic hydroxyl groups excluding tert-OH is 1. The molecule has 182 valence electrons. The number of hydrogen-bond donors (Lipinski definition) is 2. The number of rotatable bonds is 5. The Bertz CT molecular complexity index is 1260. The monoisotopic (exact) mass is 540 g/mol. The minimum absolute atomic E-state index is 0.277. The van der Waals surface area contributed by atoms with Crippen molar-refractivity contribution in [1.82, 2.24) is 0 Å². The van der Waals surface area contributed by atoms with Gasteiger partial charge in [-0.2, -0.15) is 0 Å². The van der Waals surface area contributed by atoms with Crippen LogP contribution in [0.4, 0.5) is 0 Å². The lowest BCUT2D eigenvalue weighted by Crippen LogP contribution is -2.52. The largest absolute Gasteiger partial charge is 0.497 e. The lowest BCUT2D eigenvalue weighted by atomic mass is 9.70. The molecule has 35 heavy (non-hydrogen) atoms. The van der Waals surface area contributed by atoms with Crippen molar-refractivity contribution in [2.45, 2.75) is 23.2 Å². The van der Waals surface area contributed by atoms with Gasteiger partial charge in [0, 0.05) is 10.4 Å². The molecular weight excluding hydrogens is 516 g/mol. The Morgan fingerprint density at radius 1 is 1.00 bits per heavy atom. The first-order valence-electron chi connectivity index (χ1n) is 11.1. The molecular formula is C27H25BrO7. The van der Waals surface area contributed by atoms with E-state index in [2.05, 4.69) is 15.9 Å². The minimum Gasteiger partial charge on any atom is -0.497 e. The molecule has 0 spiro atoms. The zero-order valence-corrected chi connectivity index (χ0v) is 21.0. The van der Waals surface area contributed by atoms with E-state index in [1.54, 1.807) is 43.5 Å². The van der Waals surface area contributed by atoms with Gasteiger partial charge < -0.3 is 29.2 Å². The lowest BCUT2D eigenvalue weighted by Gasteiger charge is -2.40. The quantitative estimate of drug-likeness (QED) is 0.474. The van der Waals surface area contributed by atoms with Crippen molar-refractivity contribution in [1.29, 1.82) is 0 Å². The first kappa shape index (κ1) is 23.7. The number of hydrogen-bond acceptors (Lipinski definition) is 7. The molecule has 5 rings (SSSR count). The van der Waals surface area contributed by atoms with Gasteiger partial charge in [0.15, 0.2) is 11.2 Å². The van der Waals surface area contributed by atoms with Crippen LogP contribution in [-0.2, 0) is 20.7 Å². The molecule has 1 aliphatic carbocycles. The van der Waals surface area contributed by atoms with Gasteiger partial charge in [0.2, 0.25) is 0 Å². The van der Waals surface area contributed by atoms with Crippen molar-refractivity contribution in [2.75, 3.05) is 21.3 Å². The normalized spacial score (nSPS) is 28.6. The number of ether oxygens (including phenoxy) is 4. The fraction of sp³-hybridized carbons (Fsp3) is 0.296. The number of carbonyl (C=O) groups excluding carboxylic acids is 1. The summed E-state index contributed by atoms with van der Waals surface area (Å²) in [6, 6.07) is 19.7. The highest BCUT2D eigenvalue weighted by molar-refractivity contribution is 9.10. The molecule has 3 aromatic carbocycles. The second-order valence-corrected chi connectivity index (χ2v) is 9.61. The zero-order valence-electron chi connectivity index (χ0n) is 19.4. The maximum atomic E-state index is 13.2. The number of carbonyl (C=O) groups is 1. The predicted molar refractivity (Wildman–Crippen MR) is 131 cm³/mol. The van der Waals surface area contributed by atoms with Crippen LogP contribution in [0.25, 0.3) is 0 Å². The van der Waals surface area contributed by atoms with Gasteiger partial charge in [0.25, 0.3) is 0 Å². The molecule has 0 unspecified atom stereocenters. The van der Waals surface area contributed by atoms with Crippen molar-refractivity contribution < 1.29 is 34.0 Å². The van der Waals surface area contributed by atoms with Gasteiger partial charge in [-0.15, -0.1) is 0 Å². The summed E-state index contributed by atoms with van der Waals surface area (Å²) >= 11 is 3.47. The third-order valence-corrected chi connectivity index (χ3v) is 7.64. The van der Waals surface area contributed by atoms with Crippen LogP contribution in [0.2, 0.25) is 0 Å². The van der Waals surface area contributed by atoms with Crippen molar-refractivity contribution in [3.8, 4) is 17.2 Å². The van der Waals surface area contributed by atoms with Crippen LogP contribution in [0, 0.1) is 5.92 Å². The van der Waals surface area contributed by atoms with Crippen LogP contribution in [0.15, 0.2) is 71.2 Å². The van der Waals surface area contributed by atoms with E-state index in [1.807, 2.05) is 30.3 Å². The number of aliphatic hydroxyl groups is 2. The Kier molecular flexibility index (Phi) is 5.78. The number of esters is 1. The van der Waals surface area contributed by atoms with Crippen molar-refractivity contribution in [3.63, 3.8) is 0 Å². The van der Waals surface area contributed by atoms with E-state index in [4.69, 9.17) is 18.9 Å². The van der Waals surface area contributed by atoms with E-state index < -0.39 is 35.1 Å². The average Bonchev–Trinajstić information content (AvgIpc) is 3.26. The standard InChI is InChI=1S/C27H25BrO7/c1-32-18-11-9-16(10-12-18)27-22(15-7-5-4-6-8-15)21(25(30)34-3)24(29)26(27,31)23-19(33-2)13-17(28)14-20(23)35-27/h4-14,21-22,24,29,31H,1-3H3/t21-,22-,24-,26+,27+/m1/s1. The third kappa shape index (κ3) is 3.13. The Morgan fingerprint density at radius 2 is 1.69 bits per heavy atom. The van der Waals surface area contributed by atoms with E-state index in [9.17, 15) is 15.0 Å². The van der Waals surface area contributed by atoms with Crippen molar-refractivity contribution in [2.24, 2.45) is 5.92 Å². The fourth-order valence-electron chi connectivity index (χ4n) is 5.78. The molecule has 1 aliphatic heterocycles. The highest BCUT2D eigenvalue weighted by Gasteiger charge is 2.78. The lowest BCUT2D eigenvalue weighted by molar-refractivity contribution is -0.161. The smallest absolute Gasteiger partial charge is 0.312 e. The van der Waals surface area contributed by atoms with Crippen molar-refractivity contribution in [3.05, 3.63) is 87.9 Å². The maximum Gasteiger partial charge on any atom is 0.312 e. The highest BCUT2D eigenvalue weighted by Crippen LogP contribution is 2.70. The van der Waals surface area contributed by atoms with Crippen LogP contribution < -0.4 is 14.2 Å². The Labute approximate surface area is 211 Å². The molecule has 5 atom stereocenters. The van der Waals surface area contributed by atoms with E-state index >= 15 is 0 Å². The summed E-state index contributed by atoms with van der Waals surface area (Å²) in [6.07, 6.45) is -1.57. The molecule has 0 amide bonds. The number of fused-ring (bicyclic) bond motifs is 3. The van der Waals surface area contributed by atoms with E-state index in [1.165, 1.54) is 14.2 Å². The molecule has 0 saturated heterocycles. The Balaban J connectivity index is 1.88. The van der Waals surface area contributed by atoms with Crippen LogP contribution in [0.5, 0.6) is 17.2 Å². The Hall–Kier alpha value is -3.07. The zero-order chi connectivity index (χ0) is 25.0. The summed E-state index contributed by atoms with van der Waals surface area (Å²) in [5.41, 5.74) is -2.09. The van der Waals surface area contributed by atoms with Crippen LogP contribution in [-0.4, -0.2) is 43.6 Å². The second kappa shape index (κ2) is 8.55. The average molecular weight is 541 g/mol. The fourth-order valence-corrected chi connectivity index (χ4v) is 6.19. The van der Waals surface area contributed by atoms with Crippen LogP contribution in [0.1, 0.15) is 22.6 Å². The maximum absolute atomic E-state index is 13.2. The Morgan fingerprint density at radius 3 is 2.29 bits per heavy atom. The van der Waals surface area contributed by atoms with Crippen LogP contribution >= 0.6 is 15.9 Å². The molecule has 8 heteroatoms. The van der Waals surface area contributed by atoms with Gasteiger partial charge in [0.05, 0.1) is 32.8 Å². The molecule has 7 nitrogen and oxygen atoms in total. The van der Waals surface area contributed by atoms with Crippen molar-refractivity contribution >= 4 is 21.9 Å². The molecule has 1 fully saturated rings. The molecule has 3 aromatic rings. The summed E-state index contributed by atoms with van der Waals surface area (Å²) in [7, 11) is 4.31. The summed E-state index contributed by atoms with van der Waals surface area (Å²) in [5.74, 6) is -1.30. The third-order valence-electron chi connectivity index (χ3n) is 7.19. The molecule has 0 aromatic heterocycles. The first-order chi connectivity index (χ1) is 16.8. The second-order valence-electron chi connectivity index (χ2n) is 8.70. The van der Waals surface area contributed by atoms with Gasteiger partial charge >= 0.3 is 5.97 Å². The highest BCUT2D eigenvalue weighted by atomic mass is 79.9. The topological polar surface area (TPSA) is 94.5 Å². The predicted octanol–water partition coefficient (Wildman–Crippen LogP) is 3.89. The molecule has 0 radical (unpaired) electrons. The number of halogens is 1. The summed E-state index contributed by atoms with van der Waals surface area (Å²) in [6.45, 7) is 0. The minimum atomic E-state index is -2.05. The van der Waals surface area contributed by atoms with E-state index in [-0.39, 0.29) is 5.56 Å². The summed E-state index contributed by atoms with van der Waals surface area (Å²) < 4.78 is 23.5. The summed E-state index contributed by atoms with van der Waals surface area (Å²) in [5, 5.41) is 24.4. The van der Waals surface area contributed by atoms with Gasteiger partial charge in [0.1, 0.15) is 23.4 Å². The molecule has 2 N–H and O–H groups in total. The molecule has 1 heterocycles. The van der Waals surface area contributed by atoms with Gasteiger partial charge in [-0.3, -0.25) is 4.79 Å². The molecule has 1 saturated carbocycles. The van der Waals surface area contributed by atoms with E-state index in [0.29, 0.717) is 32.8 Å². The SMILES string of the molecule is COC(=O)[C@H]1[C@@H](O)[C@@]2(O)c3c(OC)cc(Br)cc3O[C@@]2(c2ccc(OC)cc2)[C@@H]1c1ccccc1.